The van der Waals surface area contributed by atoms with Crippen LogP contribution in [0.25, 0.3) is 0 Å². The number of thiocarbonyl (C=S) groups is 1. The van der Waals surface area contributed by atoms with Crippen molar-refractivity contribution in [2.45, 2.75) is 18.9 Å². The largest absolute Gasteiger partial charge is 0.495 e. The highest BCUT2D eigenvalue weighted by atomic mass is 35.5. The van der Waals surface area contributed by atoms with Gasteiger partial charge in [-0.15, -0.1) is 0 Å². The first-order chi connectivity index (χ1) is 16.5. The number of hydrogen-bond donors (Lipinski definition) is 1. The highest BCUT2D eigenvalue weighted by Gasteiger charge is 2.43. The Balaban J connectivity index is 1.52. The van der Waals surface area contributed by atoms with Crippen LogP contribution < -0.4 is 15.0 Å². The van der Waals surface area contributed by atoms with E-state index in [1.807, 2.05) is 59.5 Å². The number of pyridine rings is 1. The zero-order chi connectivity index (χ0) is 24.1. The maximum atomic E-state index is 13.4. The Morgan fingerprint density at radius 1 is 1.12 bits per heavy atom. The molecule has 3 aromatic rings. The summed E-state index contributed by atoms with van der Waals surface area (Å²) in [6, 6.07) is 19.4. The van der Waals surface area contributed by atoms with E-state index in [0.29, 0.717) is 40.4 Å². The molecule has 0 spiro atoms. The van der Waals surface area contributed by atoms with E-state index >= 15 is 0 Å². The normalized spacial score (nSPS) is 15.5. The minimum absolute atomic E-state index is 0.0589. The van der Waals surface area contributed by atoms with Gasteiger partial charge in [-0.1, -0.05) is 41.9 Å². The number of hydrogen-bond acceptors (Lipinski definition) is 5. The van der Waals surface area contributed by atoms with Gasteiger partial charge in [0.15, 0.2) is 5.11 Å². The van der Waals surface area contributed by atoms with E-state index in [-0.39, 0.29) is 18.2 Å². The summed E-state index contributed by atoms with van der Waals surface area (Å²) in [7, 11) is 1.54. The molecule has 0 aliphatic carbocycles. The standard InChI is InChI=1S/C25H23ClN4O3S/c1-33-20-11-12-22(27-16-20)28-23(31)15-21-24(32)30(19-5-3-2-4-6-19)25(34)29(21)14-13-17-7-9-18(26)10-8-17/h2-12,16,21H,13-15H2,1H3,(H,27,28,31). The predicted molar refractivity (Wildman–Crippen MR) is 136 cm³/mol. The van der Waals surface area contributed by atoms with Crippen LogP contribution in [0, 0.1) is 0 Å². The van der Waals surface area contributed by atoms with Crippen molar-refractivity contribution in [3.63, 3.8) is 0 Å². The maximum Gasteiger partial charge on any atom is 0.256 e. The van der Waals surface area contributed by atoms with Gasteiger partial charge < -0.3 is 15.0 Å². The summed E-state index contributed by atoms with van der Waals surface area (Å²) in [5, 5.41) is 3.79. The molecule has 2 aromatic carbocycles. The number of halogens is 1. The minimum Gasteiger partial charge on any atom is -0.495 e. The van der Waals surface area contributed by atoms with Crippen LogP contribution in [-0.2, 0) is 16.0 Å². The van der Waals surface area contributed by atoms with Gasteiger partial charge >= 0.3 is 0 Å². The lowest BCUT2D eigenvalue weighted by molar-refractivity contribution is -0.124. The van der Waals surface area contributed by atoms with Crippen molar-refractivity contribution in [2.24, 2.45) is 0 Å². The Morgan fingerprint density at radius 3 is 2.50 bits per heavy atom. The van der Waals surface area contributed by atoms with Crippen LogP contribution in [0.5, 0.6) is 5.75 Å². The van der Waals surface area contributed by atoms with Crippen molar-refractivity contribution >= 4 is 52.3 Å². The first-order valence-corrected chi connectivity index (χ1v) is 11.5. The highest BCUT2D eigenvalue weighted by molar-refractivity contribution is 7.80. The fourth-order valence-corrected chi connectivity index (χ4v) is 4.29. The van der Waals surface area contributed by atoms with Crippen molar-refractivity contribution in [1.82, 2.24) is 9.88 Å². The van der Waals surface area contributed by atoms with E-state index in [1.54, 1.807) is 19.2 Å². The molecule has 0 saturated carbocycles. The average molecular weight is 495 g/mol. The van der Waals surface area contributed by atoms with E-state index < -0.39 is 6.04 Å². The van der Waals surface area contributed by atoms with E-state index in [1.165, 1.54) is 11.1 Å². The summed E-state index contributed by atoms with van der Waals surface area (Å²) in [6.07, 6.45) is 2.10. The Labute approximate surface area is 208 Å². The molecule has 0 radical (unpaired) electrons. The monoisotopic (exact) mass is 494 g/mol. The third kappa shape index (κ3) is 5.35. The number of ether oxygens (including phenoxy) is 1. The molecule has 0 bridgehead atoms. The zero-order valence-electron chi connectivity index (χ0n) is 18.5. The number of methoxy groups -OCH3 is 1. The number of nitrogens with zero attached hydrogens (tertiary/aromatic N) is 3. The van der Waals surface area contributed by atoms with Crippen LogP contribution in [0.15, 0.2) is 72.9 Å². The zero-order valence-corrected chi connectivity index (χ0v) is 20.1. The third-order valence-corrected chi connectivity index (χ3v) is 6.18. The first-order valence-electron chi connectivity index (χ1n) is 10.7. The van der Waals surface area contributed by atoms with Gasteiger partial charge in [-0.3, -0.25) is 14.5 Å². The maximum absolute atomic E-state index is 13.4. The molecule has 1 unspecified atom stereocenters. The molecule has 1 aliphatic heterocycles. The van der Waals surface area contributed by atoms with Crippen molar-refractivity contribution in [3.8, 4) is 5.75 Å². The molecule has 7 nitrogen and oxygen atoms in total. The van der Waals surface area contributed by atoms with Crippen molar-refractivity contribution in [3.05, 3.63) is 83.5 Å². The molecule has 1 fully saturated rings. The lowest BCUT2D eigenvalue weighted by Crippen LogP contribution is -2.39. The van der Waals surface area contributed by atoms with Gasteiger partial charge in [0, 0.05) is 11.6 Å². The highest BCUT2D eigenvalue weighted by Crippen LogP contribution is 2.27. The summed E-state index contributed by atoms with van der Waals surface area (Å²) in [6.45, 7) is 0.480. The van der Waals surface area contributed by atoms with Gasteiger partial charge in [-0.2, -0.15) is 0 Å². The molecule has 1 saturated heterocycles. The second kappa shape index (κ2) is 10.6. The van der Waals surface area contributed by atoms with Gasteiger partial charge in [0.2, 0.25) is 5.91 Å². The average Bonchev–Trinajstić information content (AvgIpc) is 3.08. The van der Waals surface area contributed by atoms with Gasteiger partial charge in [-0.05, 0) is 60.6 Å². The Bertz CT molecular complexity index is 1170. The van der Waals surface area contributed by atoms with E-state index in [9.17, 15) is 9.59 Å². The molecule has 2 amide bonds. The number of carbonyl (C=O) groups excluding carboxylic acids is 2. The number of anilines is 2. The number of nitrogens with one attached hydrogen (secondary N) is 1. The van der Waals surface area contributed by atoms with E-state index in [4.69, 9.17) is 28.6 Å². The smallest absolute Gasteiger partial charge is 0.256 e. The molecule has 1 aliphatic rings. The summed E-state index contributed by atoms with van der Waals surface area (Å²) < 4.78 is 5.09. The van der Waals surface area contributed by atoms with Crippen molar-refractivity contribution < 1.29 is 14.3 Å². The second-order valence-electron chi connectivity index (χ2n) is 7.71. The number of para-hydroxylation sites is 1. The molecule has 1 N–H and O–H groups in total. The summed E-state index contributed by atoms with van der Waals surface area (Å²) in [4.78, 5) is 33.7. The fraction of sp³-hybridized carbons (Fsp3) is 0.200. The van der Waals surface area contributed by atoms with Crippen LogP contribution in [0.4, 0.5) is 11.5 Å². The number of rotatable bonds is 8. The Morgan fingerprint density at radius 2 is 1.85 bits per heavy atom. The molecule has 34 heavy (non-hydrogen) atoms. The number of amides is 2. The summed E-state index contributed by atoms with van der Waals surface area (Å²) in [5.41, 5.74) is 1.73. The first kappa shape index (κ1) is 23.7. The second-order valence-corrected chi connectivity index (χ2v) is 8.51. The van der Waals surface area contributed by atoms with Crippen LogP contribution in [0.3, 0.4) is 0 Å². The van der Waals surface area contributed by atoms with Gasteiger partial charge in [0.05, 0.1) is 25.4 Å². The molecule has 2 heterocycles. The molecular weight excluding hydrogens is 472 g/mol. The quantitative estimate of drug-likeness (QED) is 0.470. The number of aromatic nitrogens is 1. The fourth-order valence-electron chi connectivity index (χ4n) is 3.75. The van der Waals surface area contributed by atoms with Gasteiger partial charge in [0.25, 0.3) is 5.91 Å². The van der Waals surface area contributed by atoms with Crippen LogP contribution in [-0.4, -0.2) is 46.5 Å². The van der Waals surface area contributed by atoms with E-state index in [2.05, 4.69) is 10.3 Å². The summed E-state index contributed by atoms with van der Waals surface area (Å²) >= 11 is 11.7. The molecule has 4 rings (SSSR count). The predicted octanol–water partition coefficient (Wildman–Crippen LogP) is 4.32. The lowest BCUT2D eigenvalue weighted by atomic mass is 10.1. The SMILES string of the molecule is COc1ccc(NC(=O)CC2C(=O)N(c3ccccc3)C(=S)N2CCc2ccc(Cl)cc2)nc1. The minimum atomic E-state index is -0.724. The Hall–Kier alpha value is -3.49. The summed E-state index contributed by atoms with van der Waals surface area (Å²) in [5.74, 6) is 0.406. The van der Waals surface area contributed by atoms with Crippen LogP contribution in [0.2, 0.25) is 5.02 Å². The van der Waals surface area contributed by atoms with E-state index in [0.717, 1.165) is 5.56 Å². The number of carbonyl (C=O) groups is 2. The third-order valence-electron chi connectivity index (χ3n) is 5.51. The van der Waals surface area contributed by atoms with Gasteiger partial charge in [0.1, 0.15) is 17.6 Å². The molecule has 1 aromatic heterocycles. The topological polar surface area (TPSA) is 74.8 Å². The molecular formula is C25H23ClN4O3S. The van der Waals surface area contributed by atoms with Crippen molar-refractivity contribution in [2.75, 3.05) is 23.9 Å². The van der Waals surface area contributed by atoms with Crippen molar-refractivity contribution in [1.29, 1.82) is 0 Å². The molecule has 1 atom stereocenters. The van der Waals surface area contributed by atoms with Crippen LogP contribution >= 0.6 is 23.8 Å². The van der Waals surface area contributed by atoms with Gasteiger partial charge in [-0.25, -0.2) is 4.98 Å². The number of benzene rings is 2. The molecule has 174 valence electrons. The molecule has 9 heteroatoms. The Kier molecular flexibility index (Phi) is 7.40. The van der Waals surface area contributed by atoms with Crippen LogP contribution in [0.1, 0.15) is 12.0 Å². The lowest BCUT2D eigenvalue weighted by Gasteiger charge is -2.24.